The highest BCUT2D eigenvalue weighted by Gasteiger charge is 2.40. The average molecular weight is 313 g/mol. The van der Waals surface area contributed by atoms with Crippen LogP contribution >= 0.6 is 0 Å². The number of nitro benzene ring substituents is 2. The predicted octanol–water partition coefficient (Wildman–Crippen LogP) is 1.86. The van der Waals surface area contributed by atoms with Gasteiger partial charge in [0, 0.05) is 11.1 Å². The molecule has 1 aliphatic carbocycles. The molecular formula is C14H7N3O6. The van der Waals surface area contributed by atoms with Gasteiger partial charge in [0.1, 0.15) is 11.3 Å². The van der Waals surface area contributed by atoms with Crippen molar-refractivity contribution < 1.29 is 19.4 Å². The number of rotatable bonds is 2. The summed E-state index contributed by atoms with van der Waals surface area (Å²) >= 11 is 0. The first kappa shape index (κ1) is 14.3. The van der Waals surface area contributed by atoms with Gasteiger partial charge < -0.3 is 5.73 Å². The molecule has 0 amide bonds. The maximum absolute atomic E-state index is 12.5. The molecule has 0 atom stereocenters. The fourth-order valence-electron chi connectivity index (χ4n) is 2.58. The van der Waals surface area contributed by atoms with Crippen LogP contribution in [0.15, 0.2) is 30.3 Å². The minimum absolute atomic E-state index is 0.00125. The lowest BCUT2D eigenvalue weighted by Gasteiger charge is -2.18. The summed E-state index contributed by atoms with van der Waals surface area (Å²) in [5.74, 6) is -1.51. The lowest BCUT2D eigenvalue weighted by molar-refractivity contribution is -0.393. The molecule has 9 nitrogen and oxygen atoms in total. The number of carbonyl (C=O) groups excluding carboxylic acids is 2. The van der Waals surface area contributed by atoms with E-state index in [1.165, 1.54) is 24.3 Å². The molecule has 2 N–H and O–H groups in total. The third-order valence-corrected chi connectivity index (χ3v) is 3.59. The number of carbonyl (C=O) groups is 2. The van der Waals surface area contributed by atoms with Crippen LogP contribution in [0.2, 0.25) is 0 Å². The van der Waals surface area contributed by atoms with E-state index < -0.39 is 49.6 Å². The summed E-state index contributed by atoms with van der Waals surface area (Å²) in [5.41, 5.74) is 2.51. The van der Waals surface area contributed by atoms with Crippen molar-refractivity contribution in [3.8, 4) is 0 Å². The molecule has 0 aromatic heterocycles. The number of hydrogen-bond donors (Lipinski definition) is 1. The van der Waals surface area contributed by atoms with Gasteiger partial charge in [-0.25, -0.2) is 0 Å². The van der Waals surface area contributed by atoms with Crippen molar-refractivity contribution >= 4 is 28.6 Å². The summed E-state index contributed by atoms with van der Waals surface area (Å²) in [4.78, 5) is 45.4. The molecule has 0 fully saturated rings. The van der Waals surface area contributed by atoms with Gasteiger partial charge in [-0.2, -0.15) is 0 Å². The van der Waals surface area contributed by atoms with Gasteiger partial charge in [0.25, 0.3) is 11.4 Å². The Kier molecular flexibility index (Phi) is 2.93. The minimum Gasteiger partial charge on any atom is -0.393 e. The quantitative estimate of drug-likeness (QED) is 0.431. The summed E-state index contributed by atoms with van der Waals surface area (Å²) in [6.45, 7) is 0. The Morgan fingerprint density at radius 3 is 1.78 bits per heavy atom. The van der Waals surface area contributed by atoms with Gasteiger partial charge in [-0.15, -0.1) is 0 Å². The van der Waals surface area contributed by atoms with Crippen molar-refractivity contribution in [3.63, 3.8) is 0 Å². The molecule has 0 unspecified atom stereocenters. The SMILES string of the molecule is Nc1c([N+](=O)[O-])cc([N+](=O)[O-])c2c1C(=O)c1ccccc1C2=O. The van der Waals surface area contributed by atoms with Crippen LogP contribution in [0.4, 0.5) is 17.1 Å². The Hall–Kier alpha value is -3.62. The largest absolute Gasteiger partial charge is 0.393 e. The van der Waals surface area contributed by atoms with E-state index in [4.69, 9.17) is 5.73 Å². The number of nitrogen functional groups attached to an aromatic ring is 1. The maximum atomic E-state index is 12.5. The van der Waals surface area contributed by atoms with Crippen molar-refractivity contribution in [2.24, 2.45) is 0 Å². The van der Waals surface area contributed by atoms with Crippen molar-refractivity contribution in [1.29, 1.82) is 0 Å². The Bertz CT molecular complexity index is 934. The number of nitro groups is 2. The molecule has 0 radical (unpaired) electrons. The van der Waals surface area contributed by atoms with E-state index in [-0.39, 0.29) is 11.1 Å². The van der Waals surface area contributed by atoms with Gasteiger partial charge in [0.15, 0.2) is 5.78 Å². The van der Waals surface area contributed by atoms with E-state index in [1.54, 1.807) is 0 Å². The van der Waals surface area contributed by atoms with E-state index in [1.807, 2.05) is 0 Å². The van der Waals surface area contributed by atoms with Crippen LogP contribution in [0.25, 0.3) is 0 Å². The van der Waals surface area contributed by atoms with Gasteiger partial charge in [-0.3, -0.25) is 29.8 Å². The van der Waals surface area contributed by atoms with Crippen molar-refractivity contribution in [2.75, 3.05) is 5.73 Å². The Labute approximate surface area is 127 Å². The molecule has 114 valence electrons. The van der Waals surface area contributed by atoms with Crippen molar-refractivity contribution in [1.82, 2.24) is 0 Å². The molecule has 1 aliphatic rings. The van der Waals surface area contributed by atoms with Crippen LogP contribution in [0.3, 0.4) is 0 Å². The highest BCUT2D eigenvalue weighted by atomic mass is 16.6. The van der Waals surface area contributed by atoms with Gasteiger partial charge in [-0.05, 0) is 0 Å². The van der Waals surface area contributed by atoms with E-state index in [9.17, 15) is 29.8 Å². The highest BCUT2D eigenvalue weighted by Crippen LogP contribution is 2.41. The number of nitrogens with two attached hydrogens (primary N) is 1. The second-order valence-electron chi connectivity index (χ2n) is 4.80. The molecular weight excluding hydrogens is 306 g/mol. The zero-order chi connectivity index (χ0) is 16.9. The molecule has 0 heterocycles. The molecule has 9 heteroatoms. The molecule has 0 saturated carbocycles. The Balaban J connectivity index is 2.46. The number of ketones is 2. The molecule has 3 rings (SSSR count). The molecule has 23 heavy (non-hydrogen) atoms. The van der Waals surface area contributed by atoms with Crippen LogP contribution in [0, 0.1) is 20.2 Å². The van der Waals surface area contributed by atoms with E-state index in [2.05, 4.69) is 0 Å². The van der Waals surface area contributed by atoms with E-state index in [0.717, 1.165) is 0 Å². The normalized spacial score (nSPS) is 12.5. The molecule has 0 spiro atoms. The Morgan fingerprint density at radius 2 is 1.30 bits per heavy atom. The highest BCUT2D eigenvalue weighted by molar-refractivity contribution is 6.31. The van der Waals surface area contributed by atoms with Crippen LogP contribution < -0.4 is 5.73 Å². The third-order valence-electron chi connectivity index (χ3n) is 3.59. The zero-order valence-electron chi connectivity index (χ0n) is 11.3. The third kappa shape index (κ3) is 1.87. The minimum atomic E-state index is -0.940. The lowest BCUT2D eigenvalue weighted by Crippen LogP contribution is -2.24. The Morgan fingerprint density at radius 1 is 0.826 bits per heavy atom. The second-order valence-corrected chi connectivity index (χ2v) is 4.80. The van der Waals surface area contributed by atoms with E-state index >= 15 is 0 Å². The number of nitrogens with zero attached hydrogens (tertiary/aromatic N) is 2. The first-order valence-electron chi connectivity index (χ1n) is 6.28. The number of benzene rings is 2. The number of hydrogen-bond acceptors (Lipinski definition) is 7. The summed E-state index contributed by atoms with van der Waals surface area (Å²) in [5, 5.41) is 22.2. The summed E-state index contributed by atoms with van der Waals surface area (Å²) in [7, 11) is 0. The summed E-state index contributed by atoms with van der Waals surface area (Å²) < 4.78 is 0. The molecule has 2 aromatic rings. The van der Waals surface area contributed by atoms with Crippen molar-refractivity contribution in [3.05, 3.63) is 72.8 Å². The fourth-order valence-corrected chi connectivity index (χ4v) is 2.58. The first-order valence-corrected chi connectivity index (χ1v) is 6.28. The lowest BCUT2D eigenvalue weighted by atomic mass is 9.82. The smallest absolute Gasteiger partial charge is 0.299 e. The zero-order valence-corrected chi connectivity index (χ0v) is 11.3. The van der Waals surface area contributed by atoms with Gasteiger partial charge >= 0.3 is 0 Å². The summed E-state index contributed by atoms with van der Waals surface area (Å²) in [6.07, 6.45) is 0. The number of fused-ring (bicyclic) bond motifs is 2. The van der Waals surface area contributed by atoms with Crippen LogP contribution in [0.5, 0.6) is 0 Å². The molecule has 2 aromatic carbocycles. The predicted molar refractivity (Wildman–Crippen MR) is 77.5 cm³/mol. The standard InChI is InChI=1S/C14H7N3O6/c15-12-9(17(22)23)5-8(16(20)21)10-11(12)14(19)7-4-2-1-3-6(7)13(10)18/h1-5H,15H2. The topological polar surface area (TPSA) is 146 Å². The molecule has 0 saturated heterocycles. The van der Waals surface area contributed by atoms with Gasteiger partial charge in [0.05, 0.1) is 21.5 Å². The monoisotopic (exact) mass is 313 g/mol. The fraction of sp³-hybridized carbons (Fsp3) is 0. The van der Waals surface area contributed by atoms with Gasteiger partial charge in [0.2, 0.25) is 5.78 Å². The first-order chi connectivity index (χ1) is 10.8. The van der Waals surface area contributed by atoms with Crippen LogP contribution in [-0.2, 0) is 0 Å². The average Bonchev–Trinajstić information content (AvgIpc) is 2.51. The van der Waals surface area contributed by atoms with Crippen LogP contribution in [-0.4, -0.2) is 21.4 Å². The van der Waals surface area contributed by atoms with E-state index in [0.29, 0.717) is 6.07 Å². The second kappa shape index (κ2) is 4.70. The maximum Gasteiger partial charge on any atom is 0.299 e. The van der Waals surface area contributed by atoms with Crippen molar-refractivity contribution in [2.45, 2.75) is 0 Å². The van der Waals surface area contributed by atoms with Crippen LogP contribution in [0.1, 0.15) is 31.8 Å². The molecule has 0 aliphatic heterocycles. The molecule has 0 bridgehead atoms. The van der Waals surface area contributed by atoms with Gasteiger partial charge in [-0.1, -0.05) is 24.3 Å². The summed E-state index contributed by atoms with van der Waals surface area (Å²) in [6, 6.07) is 6.35. The number of anilines is 1.